The molecule has 12 heavy (non-hydrogen) atoms. The number of hydrogen-bond donors (Lipinski definition) is 0. The SMILES string of the molecule is CC(=O)C(C)=Cc1cnn(C)c1. The highest BCUT2D eigenvalue weighted by Crippen LogP contribution is 2.05. The molecule has 1 aromatic rings. The van der Waals surface area contributed by atoms with E-state index in [1.54, 1.807) is 24.7 Å². The number of rotatable bonds is 2. The van der Waals surface area contributed by atoms with Crippen LogP contribution in [0, 0.1) is 0 Å². The molecule has 0 spiro atoms. The Balaban J connectivity index is 2.87. The highest BCUT2D eigenvalue weighted by atomic mass is 16.1. The van der Waals surface area contributed by atoms with E-state index in [-0.39, 0.29) is 5.78 Å². The standard InChI is InChI=1S/C9H12N2O/c1-7(8(2)12)4-9-5-10-11(3)6-9/h4-6H,1-3H3. The minimum atomic E-state index is 0.0962. The molecule has 0 N–H and O–H groups in total. The summed E-state index contributed by atoms with van der Waals surface area (Å²) < 4.78 is 1.71. The maximum Gasteiger partial charge on any atom is 0.155 e. The van der Waals surface area contributed by atoms with Gasteiger partial charge in [-0.1, -0.05) is 0 Å². The van der Waals surface area contributed by atoms with Crippen molar-refractivity contribution in [3.05, 3.63) is 23.5 Å². The highest BCUT2D eigenvalue weighted by Gasteiger charge is 1.97. The van der Waals surface area contributed by atoms with Crippen LogP contribution in [0.4, 0.5) is 0 Å². The van der Waals surface area contributed by atoms with Crippen LogP contribution >= 0.6 is 0 Å². The van der Waals surface area contributed by atoms with Gasteiger partial charge >= 0.3 is 0 Å². The third-order valence-corrected chi connectivity index (χ3v) is 1.66. The van der Waals surface area contributed by atoms with Crippen molar-refractivity contribution in [1.29, 1.82) is 0 Å². The van der Waals surface area contributed by atoms with Crippen LogP contribution in [0.15, 0.2) is 18.0 Å². The maximum atomic E-state index is 10.9. The number of aryl methyl sites for hydroxylation is 1. The molecule has 0 bridgehead atoms. The minimum absolute atomic E-state index is 0.0962. The summed E-state index contributed by atoms with van der Waals surface area (Å²) in [5, 5.41) is 3.99. The molecule has 0 aromatic carbocycles. The molecule has 64 valence electrons. The van der Waals surface area contributed by atoms with Gasteiger partial charge in [0, 0.05) is 18.8 Å². The van der Waals surface area contributed by atoms with Gasteiger partial charge in [-0.25, -0.2) is 0 Å². The van der Waals surface area contributed by atoms with Crippen molar-refractivity contribution in [2.45, 2.75) is 13.8 Å². The fraction of sp³-hybridized carbons (Fsp3) is 0.333. The van der Waals surface area contributed by atoms with Gasteiger partial charge in [-0.05, 0) is 25.5 Å². The van der Waals surface area contributed by atoms with E-state index in [0.717, 1.165) is 11.1 Å². The van der Waals surface area contributed by atoms with Crippen LogP contribution in [0.25, 0.3) is 6.08 Å². The molecule has 1 rings (SSSR count). The molecular formula is C9H12N2O. The van der Waals surface area contributed by atoms with Gasteiger partial charge in [-0.15, -0.1) is 0 Å². The molecule has 0 unspecified atom stereocenters. The lowest BCUT2D eigenvalue weighted by Crippen LogP contribution is -1.90. The second-order valence-corrected chi connectivity index (χ2v) is 2.83. The summed E-state index contributed by atoms with van der Waals surface area (Å²) in [5.41, 5.74) is 1.72. The van der Waals surface area contributed by atoms with Crippen molar-refractivity contribution >= 4 is 11.9 Å². The van der Waals surface area contributed by atoms with Crippen LogP contribution in [0.1, 0.15) is 19.4 Å². The molecule has 0 amide bonds. The van der Waals surface area contributed by atoms with Gasteiger partial charge < -0.3 is 0 Å². The Morgan fingerprint density at radius 1 is 1.58 bits per heavy atom. The van der Waals surface area contributed by atoms with Crippen molar-refractivity contribution in [3.63, 3.8) is 0 Å². The molecule has 0 radical (unpaired) electrons. The molecule has 0 fully saturated rings. The zero-order valence-corrected chi connectivity index (χ0v) is 7.53. The first-order chi connectivity index (χ1) is 5.59. The van der Waals surface area contributed by atoms with E-state index < -0.39 is 0 Å². The summed E-state index contributed by atoms with van der Waals surface area (Å²) >= 11 is 0. The van der Waals surface area contributed by atoms with Crippen LogP contribution < -0.4 is 0 Å². The third-order valence-electron chi connectivity index (χ3n) is 1.66. The van der Waals surface area contributed by atoms with Crippen molar-refractivity contribution in [3.8, 4) is 0 Å². The molecule has 3 heteroatoms. The van der Waals surface area contributed by atoms with Gasteiger partial charge in [0.1, 0.15) is 0 Å². The van der Waals surface area contributed by atoms with Crippen LogP contribution in [-0.4, -0.2) is 15.6 Å². The molecule has 1 heterocycles. The number of carbonyl (C=O) groups excluding carboxylic acids is 1. The van der Waals surface area contributed by atoms with E-state index in [0.29, 0.717) is 0 Å². The molecule has 0 saturated heterocycles. The van der Waals surface area contributed by atoms with Gasteiger partial charge in [0.2, 0.25) is 0 Å². The second-order valence-electron chi connectivity index (χ2n) is 2.83. The van der Waals surface area contributed by atoms with Gasteiger partial charge in [-0.2, -0.15) is 5.10 Å². The number of ketones is 1. The Labute approximate surface area is 71.7 Å². The zero-order chi connectivity index (χ0) is 9.14. The van der Waals surface area contributed by atoms with Gasteiger partial charge in [0.15, 0.2) is 5.78 Å². The van der Waals surface area contributed by atoms with E-state index in [1.807, 2.05) is 19.3 Å². The lowest BCUT2D eigenvalue weighted by Gasteiger charge is -1.90. The van der Waals surface area contributed by atoms with Crippen LogP contribution in [0.2, 0.25) is 0 Å². The fourth-order valence-electron chi connectivity index (χ4n) is 0.866. The van der Waals surface area contributed by atoms with Crippen molar-refractivity contribution in [1.82, 2.24) is 9.78 Å². The Hall–Kier alpha value is -1.38. The van der Waals surface area contributed by atoms with E-state index in [2.05, 4.69) is 5.10 Å². The Morgan fingerprint density at radius 3 is 2.67 bits per heavy atom. The monoisotopic (exact) mass is 164 g/mol. The van der Waals surface area contributed by atoms with Crippen LogP contribution in [0.5, 0.6) is 0 Å². The molecule has 0 saturated carbocycles. The molecule has 0 aliphatic carbocycles. The Kier molecular flexibility index (Phi) is 2.43. The first kappa shape index (κ1) is 8.71. The summed E-state index contributed by atoms with van der Waals surface area (Å²) in [6, 6.07) is 0. The fourth-order valence-corrected chi connectivity index (χ4v) is 0.866. The second kappa shape index (κ2) is 3.34. The molecular weight excluding hydrogens is 152 g/mol. The molecule has 3 nitrogen and oxygen atoms in total. The minimum Gasteiger partial charge on any atom is -0.295 e. The first-order valence-corrected chi connectivity index (χ1v) is 3.77. The van der Waals surface area contributed by atoms with Gasteiger partial charge in [0.05, 0.1) is 6.20 Å². The molecule has 0 aliphatic heterocycles. The average Bonchev–Trinajstić information content (AvgIpc) is 2.35. The molecule has 1 aromatic heterocycles. The van der Waals surface area contributed by atoms with Gasteiger partial charge in [-0.3, -0.25) is 9.48 Å². The van der Waals surface area contributed by atoms with Gasteiger partial charge in [0.25, 0.3) is 0 Å². The Bertz CT molecular complexity index is 323. The van der Waals surface area contributed by atoms with Crippen LogP contribution in [-0.2, 0) is 11.8 Å². The maximum absolute atomic E-state index is 10.9. The predicted octanol–water partition coefficient (Wildman–Crippen LogP) is 1.41. The smallest absolute Gasteiger partial charge is 0.155 e. The number of carbonyl (C=O) groups is 1. The number of nitrogens with zero attached hydrogens (tertiary/aromatic N) is 2. The van der Waals surface area contributed by atoms with Crippen molar-refractivity contribution in [2.75, 3.05) is 0 Å². The largest absolute Gasteiger partial charge is 0.295 e. The summed E-state index contributed by atoms with van der Waals surface area (Å²) in [5.74, 6) is 0.0962. The number of aromatic nitrogens is 2. The first-order valence-electron chi connectivity index (χ1n) is 3.77. The number of allylic oxidation sites excluding steroid dienone is 1. The van der Waals surface area contributed by atoms with Crippen LogP contribution in [0.3, 0.4) is 0 Å². The quantitative estimate of drug-likeness (QED) is 0.619. The third kappa shape index (κ3) is 2.05. The average molecular weight is 164 g/mol. The van der Waals surface area contributed by atoms with E-state index in [4.69, 9.17) is 0 Å². The Morgan fingerprint density at radius 2 is 2.25 bits per heavy atom. The summed E-state index contributed by atoms with van der Waals surface area (Å²) in [7, 11) is 1.85. The number of hydrogen-bond acceptors (Lipinski definition) is 2. The van der Waals surface area contributed by atoms with Crippen molar-refractivity contribution in [2.24, 2.45) is 7.05 Å². The van der Waals surface area contributed by atoms with E-state index >= 15 is 0 Å². The highest BCUT2D eigenvalue weighted by molar-refractivity contribution is 5.96. The summed E-state index contributed by atoms with van der Waals surface area (Å²) in [6.07, 6.45) is 5.42. The molecule has 0 atom stereocenters. The van der Waals surface area contributed by atoms with E-state index in [1.165, 1.54) is 0 Å². The summed E-state index contributed by atoms with van der Waals surface area (Å²) in [6.45, 7) is 3.36. The lowest BCUT2D eigenvalue weighted by atomic mass is 10.1. The summed E-state index contributed by atoms with van der Waals surface area (Å²) in [4.78, 5) is 10.9. The number of Topliss-reactive ketones (excluding diaryl/α,β-unsaturated/α-hetero) is 1. The topological polar surface area (TPSA) is 34.9 Å². The molecule has 0 aliphatic rings. The predicted molar refractivity (Wildman–Crippen MR) is 47.5 cm³/mol. The van der Waals surface area contributed by atoms with Crippen molar-refractivity contribution < 1.29 is 4.79 Å². The van der Waals surface area contributed by atoms with E-state index in [9.17, 15) is 4.79 Å². The normalized spacial score (nSPS) is 11.8. The zero-order valence-electron chi connectivity index (χ0n) is 7.53. The lowest BCUT2D eigenvalue weighted by molar-refractivity contribution is -0.113.